The molecule has 12 heavy (non-hydrogen) atoms. The first-order valence-corrected chi connectivity index (χ1v) is 3.66. The van der Waals surface area contributed by atoms with Crippen molar-refractivity contribution in [1.29, 1.82) is 0 Å². The maximum Gasteiger partial charge on any atom is 0.492 e. The summed E-state index contributed by atoms with van der Waals surface area (Å²) >= 11 is 0. The number of hydrogen-bond donors (Lipinski definition) is 2. The van der Waals surface area contributed by atoms with Crippen LogP contribution in [0.4, 0.5) is 0 Å². The highest BCUT2D eigenvalue weighted by atomic mass is 16.5. The predicted molar refractivity (Wildman–Crippen MR) is 47.6 cm³/mol. The van der Waals surface area contributed by atoms with E-state index in [9.17, 15) is 0 Å². The molecule has 0 atom stereocenters. The first-order valence-electron chi connectivity index (χ1n) is 3.66. The minimum absolute atomic E-state index is 0.431. The highest BCUT2D eigenvalue weighted by Gasteiger charge is 2.18. The molecule has 3 nitrogen and oxygen atoms in total. The molecular formula is C8H11BO3. The van der Waals surface area contributed by atoms with Crippen LogP contribution in [0.15, 0.2) is 18.2 Å². The summed E-state index contributed by atoms with van der Waals surface area (Å²) in [5.41, 5.74) is 1.24. The van der Waals surface area contributed by atoms with Gasteiger partial charge in [-0.3, -0.25) is 0 Å². The van der Waals surface area contributed by atoms with Crippen LogP contribution in [0.2, 0.25) is 0 Å². The molecule has 0 saturated carbocycles. The Bertz CT molecular complexity index is 273. The number of rotatable bonds is 2. The first kappa shape index (κ1) is 9.10. The van der Waals surface area contributed by atoms with Crippen molar-refractivity contribution in [3.63, 3.8) is 0 Å². The van der Waals surface area contributed by atoms with Gasteiger partial charge in [0.25, 0.3) is 0 Å². The summed E-state index contributed by atoms with van der Waals surface area (Å²) in [5, 5.41) is 18.0. The zero-order valence-electron chi connectivity index (χ0n) is 7.11. The van der Waals surface area contributed by atoms with E-state index in [4.69, 9.17) is 14.8 Å². The predicted octanol–water partition coefficient (Wildman–Crippen LogP) is -0.317. The third-order valence-corrected chi connectivity index (χ3v) is 1.76. The summed E-state index contributed by atoms with van der Waals surface area (Å²) < 4.78 is 4.97. The van der Waals surface area contributed by atoms with Gasteiger partial charge in [0.2, 0.25) is 0 Å². The smallest absolute Gasteiger partial charge is 0.492 e. The summed E-state index contributed by atoms with van der Waals surface area (Å²) in [4.78, 5) is 0. The average molecular weight is 166 g/mol. The molecular weight excluding hydrogens is 155 g/mol. The fraction of sp³-hybridized carbons (Fsp3) is 0.250. The van der Waals surface area contributed by atoms with Gasteiger partial charge in [0.15, 0.2) is 0 Å². The van der Waals surface area contributed by atoms with Crippen molar-refractivity contribution >= 4 is 12.6 Å². The molecule has 64 valence electrons. The Kier molecular flexibility index (Phi) is 2.73. The Balaban J connectivity index is 3.20. The van der Waals surface area contributed by atoms with E-state index in [1.54, 1.807) is 25.1 Å². The second kappa shape index (κ2) is 3.60. The molecule has 1 aromatic rings. The first-order chi connectivity index (χ1) is 5.66. The number of hydrogen-bond acceptors (Lipinski definition) is 3. The molecule has 0 saturated heterocycles. The maximum absolute atomic E-state index is 8.99. The zero-order chi connectivity index (χ0) is 9.14. The standard InChI is InChI=1S/C8H11BO3/c1-6-4-3-5-7(12-2)8(6)9(10)11/h3-5,10-11H,1-2H3. The topological polar surface area (TPSA) is 49.7 Å². The third-order valence-electron chi connectivity index (χ3n) is 1.76. The van der Waals surface area contributed by atoms with Crippen LogP contribution in [0.1, 0.15) is 5.56 Å². The summed E-state index contributed by atoms with van der Waals surface area (Å²) in [6.45, 7) is 1.80. The fourth-order valence-corrected chi connectivity index (χ4v) is 1.16. The Morgan fingerprint density at radius 2 is 2.00 bits per heavy atom. The van der Waals surface area contributed by atoms with E-state index >= 15 is 0 Å². The summed E-state index contributed by atoms with van der Waals surface area (Å²) in [6.07, 6.45) is 0. The molecule has 0 aliphatic heterocycles. The third kappa shape index (κ3) is 1.60. The second-order valence-corrected chi connectivity index (χ2v) is 2.56. The zero-order valence-corrected chi connectivity index (χ0v) is 7.11. The van der Waals surface area contributed by atoms with Gasteiger partial charge in [-0.1, -0.05) is 12.1 Å². The van der Waals surface area contributed by atoms with Crippen molar-refractivity contribution in [2.24, 2.45) is 0 Å². The molecule has 0 spiro atoms. The molecule has 0 bridgehead atoms. The quantitative estimate of drug-likeness (QED) is 0.592. The Morgan fingerprint density at radius 1 is 1.33 bits per heavy atom. The molecule has 2 N–H and O–H groups in total. The summed E-state index contributed by atoms with van der Waals surface area (Å²) in [7, 11) is 0.0295. The van der Waals surface area contributed by atoms with E-state index in [1.807, 2.05) is 0 Å². The van der Waals surface area contributed by atoms with Gasteiger partial charge in [0.1, 0.15) is 5.75 Å². The molecule has 4 heteroatoms. The van der Waals surface area contributed by atoms with Crippen LogP contribution < -0.4 is 10.2 Å². The van der Waals surface area contributed by atoms with E-state index < -0.39 is 7.12 Å². The highest BCUT2D eigenvalue weighted by molar-refractivity contribution is 6.60. The molecule has 0 unspecified atom stereocenters. The number of benzene rings is 1. The van der Waals surface area contributed by atoms with Crippen molar-refractivity contribution in [2.75, 3.05) is 7.11 Å². The Morgan fingerprint density at radius 3 is 2.42 bits per heavy atom. The number of methoxy groups -OCH3 is 1. The van der Waals surface area contributed by atoms with E-state index in [0.717, 1.165) is 5.56 Å². The molecule has 0 amide bonds. The molecule has 0 aliphatic carbocycles. The van der Waals surface area contributed by atoms with E-state index in [2.05, 4.69) is 0 Å². The van der Waals surface area contributed by atoms with Gasteiger partial charge < -0.3 is 14.8 Å². The van der Waals surface area contributed by atoms with Gasteiger partial charge in [-0.25, -0.2) is 0 Å². The van der Waals surface area contributed by atoms with E-state index in [1.165, 1.54) is 7.11 Å². The minimum atomic E-state index is -1.47. The van der Waals surface area contributed by atoms with Crippen molar-refractivity contribution in [2.45, 2.75) is 6.92 Å². The summed E-state index contributed by atoms with van der Waals surface area (Å²) in [5.74, 6) is 0.505. The number of aryl methyl sites for hydroxylation is 1. The monoisotopic (exact) mass is 166 g/mol. The lowest BCUT2D eigenvalue weighted by Crippen LogP contribution is -2.33. The SMILES string of the molecule is COc1cccc(C)c1B(O)O. The van der Waals surface area contributed by atoms with Gasteiger partial charge in [-0.15, -0.1) is 0 Å². The van der Waals surface area contributed by atoms with Crippen LogP contribution in [0.5, 0.6) is 5.75 Å². The van der Waals surface area contributed by atoms with Gasteiger partial charge >= 0.3 is 7.12 Å². The van der Waals surface area contributed by atoms with Crippen LogP contribution in [0.3, 0.4) is 0 Å². The largest absolute Gasteiger partial charge is 0.497 e. The lowest BCUT2D eigenvalue weighted by atomic mass is 9.76. The van der Waals surface area contributed by atoms with E-state index in [-0.39, 0.29) is 0 Å². The van der Waals surface area contributed by atoms with Crippen LogP contribution in [-0.4, -0.2) is 24.3 Å². The van der Waals surface area contributed by atoms with Crippen LogP contribution in [0, 0.1) is 6.92 Å². The number of ether oxygens (including phenoxy) is 1. The molecule has 0 aromatic heterocycles. The normalized spacial score (nSPS) is 9.67. The van der Waals surface area contributed by atoms with Gasteiger partial charge in [-0.2, -0.15) is 0 Å². The lowest BCUT2D eigenvalue weighted by Gasteiger charge is -2.09. The van der Waals surface area contributed by atoms with Crippen LogP contribution >= 0.6 is 0 Å². The fourth-order valence-electron chi connectivity index (χ4n) is 1.16. The second-order valence-electron chi connectivity index (χ2n) is 2.56. The minimum Gasteiger partial charge on any atom is -0.497 e. The van der Waals surface area contributed by atoms with Crippen molar-refractivity contribution in [1.82, 2.24) is 0 Å². The summed E-state index contributed by atoms with van der Waals surface area (Å²) in [6, 6.07) is 5.30. The van der Waals surface area contributed by atoms with Crippen molar-refractivity contribution in [3.05, 3.63) is 23.8 Å². The molecule has 0 heterocycles. The molecule has 1 aromatic carbocycles. The highest BCUT2D eigenvalue weighted by Crippen LogP contribution is 2.09. The van der Waals surface area contributed by atoms with Crippen molar-refractivity contribution in [3.8, 4) is 5.75 Å². The molecule has 1 rings (SSSR count). The Hall–Kier alpha value is -0.995. The maximum atomic E-state index is 8.99. The Labute approximate surface area is 71.8 Å². The molecule has 0 radical (unpaired) electrons. The average Bonchev–Trinajstić information content (AvgIpc) is 2.03. The van der Waals surface area contributed by atoms with Gasteiger partial charge in [0.05, 0.1) is 7.11 Å². The lowest BCUT2D eigenvalue weighted by molar-refractivity contribution is 0.403. The van der Waals surface area contributed by atoms with Crippen LogP contribution in [-0.2, 0) is 0 Å². The van der Waals surface area contributed by atoms with Crippen molar-refractivity contribution < 1.29 is 14.8 Å². The van der Waals surface area contributed by atoms with Gasteiger partial charge in [-0.05, 0) is 18.6 Å². The molecule has 0 fully saturated rings. The van der Waals surface area contributed by atoms with Gasteiger partial charge in [0, 0.05) is 5.46 Å². The molecule has 0 aliphatic rings. The van der Waals surface area contributed by atoms with Crippen LogP contribution in [0.25, 0.3) is 0 Å². The van der Waals surface area contributed by atoms with E-state index in [0.29, 0.717) is 11.2 Å².